The Labute approximate surface area is 254 Å². The molecule has 2 aliphatic rings. The van der Waals surface area contributed by atoms with E-state index < -0.39 is 11.7 Å². The Bertz CT molecular complexity index is 1640. The van der Waals surface area contributed by atoms with Crippen LogP contribution in [0.25, 0.3) is 17.2 Å². The van der Waals surface area contributed by atoms with Gasteiger partial charge in [0.1, 0.15) is 17.2 Å². The number of carbonyl (C=O) groups is 1. The van der Waals surface area contributed by atoms with E-state index in [-0.39, 0.29) is 5.41 Å². The van der Waals surface area contributed by atoms with Crippen LogP contribution in [0.2, 0.25) is 0 Å². The van der Waals surface area contributed by atoms with Crippen molar-refractivity contribution in [2.45, 2.75) is 57.6 Å². The van der Waals surface area contributed by atoms with Crippen LogP contribution in [0, 0.1) is 0 Å². The van der Waals surface area contributed by atoms with Gasteiger partial charge < -0.3 is 19.1 Å². The number of nitrogens with zero attached hydrogens (tertiary/aromatic N) is 1. The number of rotatable bonds is 9. The zero-order valence-corrected chi connectivity index (χ0v) is 25.4. The predicted octanol–water partition coefficient (Wildman–Crippen LogP) is 9.06. The summed E-state index contributed by atoms with van der Waals surface area (Å²) in [6.45, 7) is 7.37. The molecule has 0 aliphatic carbocycles. The van der Waals surface area contributed by atoms with Gasteiger partial charge in [-0.25, -0.2) is 4.79 Å². The van der Waals surface area contributed by atoms with Crippen molar-refractivity contribution in [2.75, 3.05) is 18.6 Å². The number of unbranched alkanes of at least 4 members (excludes halogenated alkanes) is 3. The fourth-order valence-corrected chi connectivity index (χ4v) is 6.25. The first-order valence-corrected chi connectivity index (χ1v) is 15.2. The fraction of sp³-hybridized carbons (Fsp3) is 0.289. The monoisotopic (exact) mass is 573 g/mol. The van der Waals surface area contributed by atoms with E-state index in [1.54, 1.807) is 12.1 Å². The predicted molar refractivity (Wildman–Crippen MR) is 173 cm³/mol. The molecule has 0 amide bonds. The average Bonchev–Trinajstić information content (AvgIpc) is 3.19. The van der Waals surface area contributed by atoms with Crippen molar-refractivity contribution in [2.24, 2.45) is 0 Å². The number of benzene rings is 4. The van der Waals surface area contributed by atoms with Gasteiger partial charge in [0, 0.05) is 18.3 Å². The Morgan fingerprint density at radius 1 is 0.837 bits per heavy atom. The van der Waals surface area contributed by atoms with Gasteiger partial charge in [-0.15, -0.1) is 0 Å². The molecular formula is C38H39NO4. The molecule has 220 valence electrons. The summed E-state index contributed by atoms with van der Waals surface area (Å²) in [7, 11) is 2.10. The molecule has 4 aromatic carbocycles. The number of hydrogen-bond donors (Lipinski definition) is 0. The smallest absolute Gasteiger partial charge is 0.343 e. The molecule has 1 atom stereocenters. The topological polar surface area (TPSA) is 48.0 Å². The lowest BCUT2D eigenvalue weighted by atomic mass is 9.76. The third kappa shape index (κ3) is 5.29. The average molecular weight is 574 g/mol. The quantitative estimate of drug-likeness (QED) is 0.114. The first-order valence-electron chi connectivity index (χ1n) is 15.2. The summed E-state index contributed by atoms with van der Waals surface area (Å²) in [5.41, 5.74) is 5.25. The van der Waals surface area contributed by atoms with Crippen molar-refractivity contribution in [3.63, 3.8) is 0 Å². The van der Waals surface area contributed by atoms with Crippen molar-refractivity contribution in [1.29, 1.82) is 0 Å². The zero-order valence-electron chi connectivity index (χ0n) is 25.4. The molecule has 2 heterocycles. The number of anilines is 1. The number of hydrogen-bond acceptors (Lipinski definition) is 5. The van der Waals surface area contributed by atoms with Crippen LogP contribution >= 0.6 is 0 Å². The maximum absolute atomic E-state index is 12.7. The normalized spacial score (nSPS) is 17.7. The minimum Gasteiger partial charge on any atom is -0.494 e. The van der Waals surface area contributed by atoms with E-state index in [9.17, 15) is 4.79 Å². The van der Waals surface area contributed by atoms with Gasteiger partial charge >= 0.3 is 5.97 Å². The molecule has 0 N–H and O–H groups in total. The summed E-state index contributed by atoms with van der Waals surface area (Å²) in [6.07, 6.45) is 9.00. The number of carbonyl (C=O) groups excluding carboxylic acids is 1. The van der Waals surface area contributed by atoms with E-state index in [4.69, 9.17) is 14.2 Å². The van der Waals surface area contributed by atoms with E-state index >= 15 is 0 Å². The zero-order chi connectivity index (χ0) is 30.0. The molecule has 5 heteroatoms. The van der Waals surface area contributed by atoms with Crippen LogP contribution in [0.1, 0.15) is 67.9 Å². The lowest BCUT2D eigenvalue weighted by Crippen LogP contribution is -2.58. The number of likely N-dealkylation sites (N-methyl/N-ethyl adjacent to an activating group) is 1. The molecule has 0 fully saturated rings. The van der Waals surface area contributed by atoms with Crippen molar-refractivity contribution in [1.82, 2.24) is 0 Å². The van der Waals surface area contributed by atoms with Gasteiger partial charge in [0.25, 0.3) is 0 Å². The summed E-state index contributed by atoms with van der Waals surface area (Å²) in [5.74, 6) is 1.73. The third-order valence-electron chi connectivity index (χ3n) is 8.85. The molecular weight excluding hydrogens is 534 g/mol. The Balaban J connectivity index is 1.11. The molecule has 43 heavy (non-hydrogen) atoms. The highest BCUT2D eigenvalue weighted by Gasteiger charge is 2.57. The van der Waals surface area contributed by atoms with Crippen LogP contribution in [0.3, 0.4) is 0 Å². The summed E-state index contributed by atoms with van der Waals surface area (Å²) >= 11 is 0. The molecule has 0 aromatic heterocycles. The summed E-state index contributed by atoms with van der Waals surface area (Å²) < 4.78 is 18.2. The highest BCUT2D eigenvalue weighted by atomic mass is 16.5. The van der Waals surface area contributed by atoms with Crippen LogP contribution in [-0.2, 0) is 5.41 Å². The Morgan fingerprint density at radius 3 is 2.30 bits per heavy atom. The van der Waals surface area contributed by atoms with Crippen molar-refractivity contribution in [3.05, 3.63) is 114 Å². The number of ether oxygens (including phenoxy) is 3. The van der Waals surface area contributed by atoms with Crippen molar-refractivity contribution >= 4 is 17.7 Å². The molecule has 4 aromatic rings. The summed E-state index contributed by atoms with van der Waals surface area (Å²) in [4.78, 5) is 15.0. The van der Waals surface area contributed by atoms with Crippen LogP contribution < -0.4 is 19.1 Å². The van der Waals surface area contributed by atoms with Gasteiger partial charge in [-0.05, 0) is 104 Å². The van der Waals surface area contributed by atoms with E-state index in [1.807, 2.05) is 36.4 Å². The third-order valence-corrected chi connectivity index (χ3v) is 8.85. The lowest BCUT2D eigenvalue weighted by molar-refractivity contribution is 0.0582. The SMILES string of the molecule is CCCCCCOc1ccc(C(=O)Oc2ccc(-c3ccc4c(c3)C=CC3(O4)N(C)c4ccccc4C3(C)C)cc2)cc1. The van der Waals surface area contributed by atoms with Crippen molar-refractivity contribution < 1.29 is 19.0 Å². The van der Waals surface area contributed by atoms with Gasteiger partial charge in [0.05, 0.1) is 17.6 Å². The summed E-state index contributed by atoms with van der Waals surface area (Å²) in [5, 5.41) is 0. The highest BCUT2D eigenvalue weighted by Crippen LogP contribution is 2.54. The largest absolute Gasteiger partial charge is 0.494 e. The molecule has 0 radical (unpaired) electrons. The number of para-hydroxylation sites is 1. The van der Waals surface area contributed by atoms with E-state index in [0.29, 0.717) is 17.9 Å². The van der Waals surface area contributed by atoms with Crippen LogP contribution in [0.15, 0.2) is 97.1 Å². The molecule has 0 saturated carbocycles. The second-order valence-corrected chi connectivity index (χ2v) is 11.9. The molecule has 0 saturated heterocycles. The molecule has 5 nitrogen and oxygen atoms in total. The Hall–Kier alpha value is -4.51. The van der Waals surface area contributed by atoms with Gasteiger partial charge in [-0.1, -0.05) is 62.6 Å². The molecule has 1 unspecified atom stereocenters. The Morgan fingerprint density at radius 2 is 1.56 bits per heavy atom. The standard InChI is InChI=1S/C38H39NO4/c1-5-6-7-10-25-41-31-18-15-28(16-19-31)36(40)42-32-20-13-27(14-21-32)29-17-22-35-30(26-29)23-24-38(43-35)37(2,3)33-11-8-9-12-34(33)39(38)4/h8-9,11-24,26H,5-7,10,25H2,1-4H3. The van der Waals surface area contributed by atoms with Crippen LogP contribution in [0.4, 0.5) is 5.69 Å². The lowest BCUT2D eigenvalue weighted by Gasteiger charge is -2.45. The second-order valence-electron chi connectivity index (χ2n) is 11.9. The molecule has 1 spiro atoms. The summed E-state index contributed by atoms with van der Waals surface area (Å²) in [6, 6.07) is 29.5. The van der Waals surface area contributed by atoms with E-state index in [1.165, 1.54) is 30.5 Å². The first kappa shape index (κ1) is 28.6. The second kappa shape index (κ2) is 11.6. The molecule has 2 aliphatic heterocycles. The minimum atomic E-state index is -0.599. The molecule has 6 rings (SSSR count). The minimum absolute atomic E-state index is 0.234. The van der Waals surface area contributed by atoms with Crippen LogP contribution in [0.5, 0.6) is 17.2 Å². The van der Waals surface area contributed by atoms with Crippen LogP contribution in [-0.4, -0.2) is 25.3 Å². The van der Waals surface area contributed by atoms with Gasteiger partial charge in [-0.2, -0.15) is 0 Å². The fourth-order valence-electron chi connectivity index (χ4n) is 6.25. The Kier molecular flexibility index (Phi) is 7.74. The number of esters is 1. The van der Waals surface area contributed by atoms with E-state index in [2.05, 4.69) is 87.3 Å². The van der Waals surface area contributed by atoms with E-state index in [0.717, 1.165) is 34.6 Å². The van der Waals surface area contributed by atoms with Gasteiger partial charge in [-0.3, -0.25) is 0 Å². The van der Waals surface area contributed by atoms with Gasteiger partial charge in [0.15, 0.2) is 0 Å². The van der Waals surface area contributed by atoms with Crippen molar-refractivity contribution in [3.8, 4) is 28.4 Å². The van der Waals surface area contributed by atoms with Gasteiger partial charge in [0.2, 0.25) is 5.72 Å². The highest BCUT2D eigenvalue weighted by molar-refractivity contribution is 5.91. The number of fused-ring (bicyclic) bond motifs is 2. The maximum atomic E-state index is 12.7. The molecule has 0 bridgehead atoms. The first-order chi connectivity index (χ1) is 20.8. The maximum Gasteiger partial charge on any atom is 0.343 e.